The first-order valence-corrected chi connectivity index (χ1v) is 13.7. The number of hydrogen-bond acceptors (Lipinski definition) is 7. The van der Waals surface area contributed by atoms with Gasteiger partial charge in [-0.05, 0) is 43.9 Å². The van der Waals surface area contributed by atoms with Crippen LogP contribution in [0.3, 0.4) is 0 Å². The monoisotopic (exact) mass is 508 g/mol. The van der Waals surface area contributed by atoms with Crippen LogP contribution in [0, 0.1) is 5.92 Å². The van der Waals surface area contributed by atoms with Crippen molar-refractivity contribution in [3.05, 3.63) is 58.5 Å². The molecule has 4 heterocycles. The van der Waals surface area contributed by atoms with Gasteiger partial charge in [-0.1, -0.05) is 36.9 Å². The standard InChI is InChI=1S/C26H28N4O3S2/c1-3-33-20-11-5-4-9-18(20)15-30-25(32)23-22(19-10-6-12-27-24(19)35-23)28-26(30)34-16-21(31)29-13-7-8-17(2)14-29/h4-6,9-12,17H,3,7-8,13-16H2,1-2H3. The number of ether oxygens (including phenoxy) is 1. The number of piperidine rings is 1. The zero-order chi connectivity index (χ0) is 24.4. The van der Waals surface area contributed by atoms with Crippen molar-refractivity contribution >= 4 is 49.4 Å². The molecule has 1 saturated heterocycles. The van der Waals surface area contributed by atoms with E-state index in [0.717, 1.165) is 47.5 Å². The summed E-state index contributed by atoms with van der Waals surface area (Å²) in [6.45, 7) is 6.57. The molecular weight excluding hydrogens is 480 g/mol. The molecule has 182 valence electrons. The number of thiophene rings is 1. The van der Waals surface area contributed by atoms with Gasteiger partial charge in [0.1, 0.15) is 15.3 Å². The molecule has 1 aliphatic rings. The predicted octanol–water partition coefficient (Wildman–Crippen LogP) is 4.80. The number of aromatic nitrogens is 3. The normalized spacial score (nSPS) is 16.2. The van der Waals surface area contributed by atoms with Crippen molar-refractivity contribution in [1.82, 2.24) is 19.4 Å². The molecule has 5 rings (SSSR count). The van der Waals surface area contributed by atoms with Gasteiger partial charge < -0.3 is 9.64 Å². The lowest BCUT2D eigenvalue weighted by molar-refractivity contribution is -0.130. The first kappa shape index (κ1) is 23.8. The fraction of sp³-hybridized carbons (Fsp3) is 0.385. The molecule has 1 aromatic carbocycles. The average Bonchev–Trinajstić information content (AvgIpc) is 3.24. The number of para-hydroxylation sites is 1. The molecule has 1 aliphatic heterocycles. The van der Waals surface area contributed by atoms with Crippen LogP contribution < -0.4 is 10.3 Å². The highest BCUT2D eigenvalue weighted by Crippen LogP contribution is 2.31. The van der Waals surface area contributed by atoms with Crippen molar-refractivity contribution < 1.29 is 9.53 Å². The van der Waals surface area contributed by atoms with E-state index in [0.29, 0.717) is 34.4 Å². The Balaban J connectivity index is 1.54. The quantitative estimate of drug-likeness (QED) is 0.264. The molecule has 0 radical (unpaired) electrons. The Kier molecular flexibility index (Phi) is 7.06. The lowest BCUT2D eigenvalue weighted by Crippen LogP contribution is -2.40. The molecule has 1 atom stereocenters. The summed E-state index contributed by atoms with van der Waals surface area (Å²) in [4.78, 5) is 38.8. The number of hydrogen-bond donors (Lipinski definition) is 0. The van der Waals surface area contributed by atoms with E-state index in [9.17, 15) is 9.59 Å². The van der Waals surface area contributed by atoms with Crippen molar-refractivity contribution in [2.24, 2.45) is 5.92 Å². The van der Waals surface area contributed by atoms with Gasteiger partial charge >= 0.3 is 0 Å². The van der Waals surface area contributed by atoms with E-state index < -0.39 is 0 Å². The second kappa shape index (κ2) is 10.4. The zero-order valence-corrected chi connectivity index (χ0v) is 21.5. The lowest BCUT2D eigenvalue weighted by atomic mass is 10.0. The first-order valence-electron chi connectivity index (χ1n) is 11.9. The number of likely N-dealkylation sites (tertiary alicyclic amines) is 1. The highest BCUT2D eigenvalue weighted by atomic mass is 32.2. The second-order valence-electron chi connectivity index (χ2n) is 8.84. The number of carbonyl (C=O) groups is 1. The fourth-order valence-electron chi connectivity index (χ4n) is 4.53. The van der Waals surface area contributed by atoms with E-state index in [1.807, 2.05) is 48.2 Å². The second-order valence-corrected chi connectivity index (χ2v) is 10.8. The van der Waals surface area contributed by atoms with Crippen molar-refractivity contribution in [3.8, 4) is 5.75 Å². The third-order valence-corrected chi connectivity index (χ3v) is 8.31. The number of fused-ring (bicyclic) bond motifs is 3. The molecule has 1 fully saturated rings. The average molecular weight is 509 g/mol. The van der Waals surface area contributed by atoms with Crippen LogP contribution in [0.25, 0.3) is 20.4 Å². The Morgan fingerprint density at radius 2 is 2.11 bits per heavy atom. The molecule has 3 aromatic heterocycles. The van der Waals surface area contributed by atoms with Crippen LogP contribution in [0.2, 0.25) is 0 Å². The number of pyridine rings is 1. The largest absolute Gasteiger partial charge is 0.494 e. The summed E-state index contributed by atoms with van der Waals surface area (Å²) in [6, 6.07) is 11.5. The summed E-state index contributed by atoms with van der Waals surface area (Å²) >= 11 is 2.69. The fourth-order valence-corrected chi connectivity index (χ4v) is 6.45. The Labute approximate surface area is 212 Å². The molecule has 0 spiro atoms. The molecule has 0 bridgehead atoms. The van der Waals surface area contributed by atoms with E-state index in [4.69, 9.17) is 9.72 Å². The van der Waals surface area contributed by atoms with Crippen LogP contribution in [-0.2, 0) is 11.3 Å². The van der Waals surface area contributed by atoms with Crippen LogP contribution in [-0.4, -0.2) is 50.8 Å². The summed E-state index contributed by atoms with van der Waals surface area (Å²) in [5.41, 5.74) is 1.43. The van der Waals surface area contributed by atoms with Gasteiger partial charge in [-0.15, -0.1) is 11.3 Å². The topological polar surface area (TPSA) is 77.3 Å². The maximum Gasteiger partial charge on any atom is 0.272 e. The molecule has 7 nitrogen and oxygen atoms in total. The van der Waals surface area contributed by atoms with Gasteiger partial charge in [0.2, 0.25) is 5.91 Å². The third-order valence-electron chi connectivity index (χ3n) is 6.25. The highest BCUT2D eigenvalue weighted by Gasteiger charge is 2.23. The Morgan fingerprint density at radius 3 is 2.94 bits per heavy atom. The van der Waals surface area contributed by atoms with Crippen LogP contribution >= 0.6 is 23.1 Å². The van der Waals surface area contributed by atoms with Crippen molar-refractivity contribution in [2.45, 2.75) is 38.4 Å². The van der Waals surface area contributed by atoms with Gasteiger partial charge in [0.15, 0.2) is 5.16 Å². The van der Waals surface area contributed by atoms with Gasteiger partial charge in [0.05, 0.1) is 24.4 Å². The molecule has 1 unspecified atom stereocenters. The summed E-state index contributed by atoms with van der Waals surface area (Å²) < 4.78 is 8.05. The molecule has 35 heavy (non-hydrogen) atoms. The van der Waals surface area contributed by atoms with Crippen LogP contribution in [0.15, 0.2) is 52.5 Å². The molecule has 0 N–H and O–H groups in total. The number of nitrogens with zero attached hydrogens (tertiary/aromatic N) is 4. The Hall–Kier alpha value is -2.91. The summed E-state index contributed by atoms with van der Waals surface area (Å²) in [7, 11) is 0. The number of thioether (sulfide) groups is 1. The molecule has 0 saturated carbocycles. The predicted molar refractivity (Wildman–Crippen MR) is 142 cm³/mol. The van der Waals surface area contributed by atoms with Crippen LogP contribution in [0.4, 0.5) is 0 Å². The van der Waals surface area contributed by atoms with Gasteiger partial charge in [-0.2, -0.15) is 0 Å². The SMILES string of the molecule is CCOc1ccccc1Cn1c(SCC(=O)N2CCCC(C)C2)nc2c(sc3ncccc32)c1=O. The molecule has 1 amide bonds. The molecule has 9 heteroatoms. The molecular formula is C26H28N4O3S2. The molecule has 0 aliphatic carbocycles. The summed E-state index contributed by atoms with van der Waals surface area (Å²) in [6.07, 6.45) is 3.92. The number of benzene rings is 1. The van der Waals surface area contributed by atoms with Crippen molar-refractivity contribution in [1.29, 1.82) is 0 Å². The first-order chi connectivity index (χ1) is 17.0. The minimum Gasteiger partial charge on any atom is -0.494 e. The van der Waals surface area contributed by atoms with E-state index in [2.05, 4.69) is 11.9 Å². The molecule has 4 aromatic rings. The van der Waals surface area contributed by atoms with Crippen molar-refractivity contribution in [2.75, 3.05) is 25.4 Å². The van der Waals surface area contributed by atoms with Gasteiger partial charge in [-0.3, -0.25) is 14.2 Å². The minimum absolute atomic E-state index is 0.0917. The van der Waals surface area contributed by atoms with E-state index in [-0.39, 0.29) is 17.2 Å². The smallest absolute Gasteiger partial charge is 0.272 e. The van der Waals surface area contributed by atoms with E-state index in [1.54, 1.807) is 10.8 Å². The maximum absolute atomic E-state index is 13.7. The number of carbonyl (C=O) groups excluding carboxylic acids is 1. The number of amides is 1. The maximum atomic E-state index is 13.7. The highest BCUT2D eigenvalue weighted by molar-refractivity contribution is 7.99. The van der Waals surface area contributed by atoms with Gasteiger partial charge in [-0.25, -0.2) is 9.97 Å². The van der Waals surface area contributed by atoms with Crippen LogP contribution in [0.1, 0.15) is 32.3 Å². The van der Waals surface area contributed by atoms with E-state index in [1.165, 1.54) is 23.1 Å². The Bertz CT molecular complexity index is 1430. The Morgan fingerprint density at radius 1 is 1.26 bits per heavy atom. The van der Waals surface area contributed by atoms with Gasteiger partial charge in [0.25, 0.3) is 5.56 Å². The van der Waals surface area contributed by atoms with Crippen LogP contribution in [0.5, 0.6) is 5.75 Å². The number of rotatable bonds is 7. The zero-order valence-electron chi connectivity index (χ0n) is 19.9. The summed E-state index contributed by atoms with van der Waals surface area (Å²) in [5.74, 6) is 1.60. The summed E-state index contributed by atoms with van der Waals surface area (Å²) in [5, 5.41) is 1.40. The third kappa shape index (κ3) is 4.92. The van der Waals surface area contributed by atoms with Gasteiger partial charge in [0, 0.05) is 30.2 Å². The van der Waals surface area contributed by atoms with Crippen molar-refractivity contribution in [3.63, 3.8) is 0 Å². The lowest BCUT2D eigenvalue weighted by Gasteiger charge is -2.30. The van der Waals surface area contributed by atoms with E-state index >= 15 is 0 Å². The minimum atomic E-state index is -0.120.